The first-order valence-electron chi connectivity index (χ1n) is 13.2. The van der Waals surface area contributed by atoms with E-state index in [0.717, 1.165) is 12.1 Å². The number of carbonyl (C=O) groups is 1. The van der Waals surface area contributed by atoms with Gasteiger partial charge in [0, 0.05) is 23.2 Å². The van der Waals surface area contributed by atoms with Gasteiger partial charge in [0.05, 0.1) is 41.4 Å². The first kappa shape index (κ1) is 35.7. The Morgan fingerprint density at radius 3 is 2.02 bits per heavy atom. The number of fused-ring (bicyclic) bond motifs is 1. The minimum absolute atomic E-state index is 0.00749. The summed E-state index contributed by atoms with van der Waals surface area (Å²) in [6, 6.07) is 9.88. The van der Waals surface area contributed by atoms with Crippen LogP contribution in [0.3, 0.4) is 0 Å². The number of anilines is 2. The van der Waals surface area contributed by atoms with E-state index in [1.165, 1.54) is 36.4 Å². The van der Waals surface area contributed by atoms with E-state index in [1.807, 2.05) is 0 Å². The van der Waals surface area contributed by atoms with E-state index >= 15 is 0 Å². The van der Waals surface area contributed by atoms with Crippen LogP contribution in [-0.2, 0) is 19.5 Å². The average molecular weight is 707 g/mol. The fourth-order valence-corrected chi connectivity index (χ4v) is 5.21. The Balaban J connectivity index is 1.87. The molecular weight excluding hydrogens is 680 g/mol. The van der Waals surface area contributed by atoms with Crippen LogP contribution in [0, 0.1) is 0 Å². The Morgan fingerprint density at radius 2 is 1.46 bits per heavy atom. The highest BCUT2D eigenvalue weighted by atomic mass is 32.2. The Kier molecular flexibility index (Phi) is 11.6. The maximum absolute atomic E-state index is 11.8. The van der Waals surface area contributed by atoms with Gasteiger partial charge in [-0.25, -0.2) is 10.1 Å². The number of phenolic OH excluding ortho intramolecular Hbond substituents is 1. The molecule has 0 radical (unpaired) electrons. The van der Waals surface area contributed by atoms with Crippen molar-refractivity contribution in [2.24, 2.45) is 20.5 Å². The lowest BCUT2D eigenvalue weighted by molar-refractivity contribution is -0.432. The number of nitrogen functional groups attached to an aromatic ring is 2. The number of rotatable bonds is 15. The van der Waals surface area contributed by atoms with Crippen LogP contribution in [0.1, 0.15) is 10.4 Å². The molecule has 19 nitrogen and oxygen atoms in total. The zero-order valence-electron chi connectivity index (χ0n) is 24.2. The summed E-state index contributed by atoms with van der Waals surface area (Å²) in [6.07, 6.45) is 0. The third-order valence-electron chi connectivity index (χ3n) is 6.13. The molecule has 21 heteroatoms. The average Bonchev–Trinajstić information content (AvgIpc) is 3.04. The molecule has 0 atom stereocenters. The van der Waals surface area contributed by atoms with Gasteiger partial charge < -0.3 is 41.4 Å². The van der Waals surface area contributed by atoms with Crippen molar-refractivity contribution in [3.8, 4) is 17.2 Å². The first-order chi connectivity index (χ1) is 22.9. The zero-order chi connectivity index (χ0) is 35.0. The summed E-state index contributed by atoms with van der Waals surface area (Å²) in [4.78, 5) is 11.0. The summed E-state index contributed by atoms with van der Waals surface area (Å²) in [5, 5.41) is 68.1. The first-order valence-corrected chi connectivity index (χ1v) is 15.4. The number of hydrogen-bond acceptors (Lipinski definition) is 18. The number of ether oxygens (including phenoxy) is 2. The van der Waals surface area contributed by atoms with Crippen molar-refractivity contribution in [1.29, 1.82) is 0 Å². The second kappa shape index (κ2) is 15.6. The molecule has 0 saturated heterocycles. The Hall–Kier alpha value is -5.13. The fraction of sp³-hybridized carbons (Fsp3) is 0.148. The van der Waals surface area contributed by atoms with Gasteiger partial charge in [0.2, 0.25) is 0 Å². The number of aliphatic hydroxyl groups excluding tert-OH is 2. The number of aliphatic hydroxyl groups is 2. The van der Waals surface area contributed by atoms with Crippen molar-refractivity contribution in [2.75, 3.05) is 37.9 Å². The van der Waals surface area contributed by atoms with Crippen LogP contribution in [0.2, 0.25) is 0 Å². The smallest absolute Gasteiger partial charge is 0.338 e. The molecule has 0 bridgehead atoms. The monoisotopic (exact) mass is 706 g/mol. The number of carboxylic acid groups (broad SMARTS) is 1. The molecule has 0 saturated carbocycles. The molecule has 4 aromatic rings. The molecule has 254 valence electrons. The number of phenols is 1. The lowest BCUT2D eigenvalue weighted by Gasteiger charge is -2.13. The van der Waals surface area contributed by atoms with E-state index in [9.17, 15) is 38.2 Å². The molecule has 0 aliphatic rings. The van der Waals surface area contributed by atoms with Gasteiger partial charge >= 0.3 is 5.97 Å². The maximum atomic E-state index is 11.8. The van der Waals surface area contributed by atoms with Crippen LogP contribution in [0.15, 0.2) is 78.8 Å². The Labute approximate surface area is 274 Å². The minimum atomic E-state index is -4.73. The molecule has 0 aliphatic heterocycles. The SMILES string of the molecule is Nc1ccc(N=Nc2cc(OCCO)c(N=Nc3c(SOOO)cc4cc(S(=O)(=O)O)c(N)cc4c3O)cc2OCCO)c(C(=O)O)c1. The second-order valence-electron chi connectivity index (χ2n) is 9.30. The van der Waals surface area contributed by atoms with Crippen LogP contribution in [0.5, 0.6) is 17.2 Å². The van der Waals surface area contributed by atoms with Crippen molar-refractivity contribution in [3.63, 3.8) is 0 Å². The third kappa shape index (κ3) is 8.41. The fourth-order valence-electron chi connectivity index (χ4n) is 4.09. The van der Waals surface area contributed by atoms with E-state index in [0.29, 0.717) is 12.0 Å². The largest absolute Gasteiger partial charge is 0.505 e. The van der Waals surface area contributed by atoms with Gasteiger partial charge in [-0.05, 0) is 41.8 Å². The highest BCUT2D eigenvalue weighted by Crippen LogP contribution is 2.47. The van der Waals surface area contributed by atoms with Crippen LogP contribution >= 0.6 is 12.0 Å². The molecule has 10 N–H and O–H groups in total. The van der Waals surface area contributed by atoms with Crippen molar-refractivity contribution >= 4 is 73.0 Å². The lowest BCUT2D eigenvalue weighted by Crippen LogP contribution is -2.04. The number of nitrogens with two attached hydrogens (primary N) is 2. The van der Waals surface area contributed by atoms with Crippen LogP contribution in [-0.4, -0.2) is 71.1 Å². The molecule has 4 rings (SSSR count). The molecule has 4 aromatic carbocycles. The number of aromatic carboxylic acids is 1. The summed E-state index contributed by atoms with van der Waals surface area (Å²) < 4.78 is 48.7. The summed E-state index contributed by atoms with van der Waals surface area (Å²) in [6.45, 7) is -1.26. The topological polar surface area (TPSA) is 311 Å². The van der Waals surface area contributed by atoms with Crippen molar-refractivity contribution < 1.29 is 62.3 Å². The molecular formula is C27H26N6O13S2. The molecule has 0 aliphatic carbocycles. The van der Waals surface area contributed by atoms with Crippen molar-refractivity contribution in [3.05, 3.63) is 54.1 Å². The third-order valence-corrected chi connectivity index (χ3v) is 7.65. The molecule has 0 unspecified atom stereocenters. The highest BCUT2D eigenvalue weighted by Gasteiger charge is 2.21. The Bertz CT molecular complexity index is 2010. The number of azo groups is 2. The van der Waals surface area contributed by atoms with E-state index in [1.54, 1.807) is 0 Å². The van der Waals surface area contributed by atoms with E-state index < -0.39 is 39.9 Å². The number of aromatic hydroxyl groups is 1. The van der Waals surface area contributed by atoms with E-state index in [-0.39, 0.29) is 80.1 Å². The number of carboxylic acids is 1. The van der Waals surface area contributed by atoms with Gasteiger partial charge in [0.15, 0.2) is 5.75 Å². The number of hydrogen-bond donors (Lipinski definition) is 8. The molecule has 0 amide bonds. The van der Waals surface area contributed by atoms with Gasteiger partial charge in [-0.2, -0.15) is 8.42 Å². The lowest BCUT2D eigenvalue weighted by atomic mass is 10.1. The van der Waals surface area contributed by atoms with Gasteiger partial charge in [-0.3, -0.25) is 4.55 Å². The summed E-state index contributed by atoms with van der Waals surface area (Å²) in [7, 11) is -4.73. The molecule has 0 heterocycles. The van der Waals surface area contributed by atoms with Crippen LogP contribution in [0.25, 0.3) is 10.8 Å². The molecule has 48 heavy (non-hydrogen) atoms. The van der Waals surface area contributed by atoms with Gasteiger partial charge in [-0.1, -0.05) is 5.04 Å². The summed E-state index contributed by atoms with van der Waals surface area (Å²) >= 11 is 0.349. The highest BCUT2D eigenvalue weighted by molar-refractivity contribution is 7.94. The standard InChI is InChI=1S/C27H26N6O13S2/c28-14-1-2-18(16(9-14)27(37)38)30-31-19-11-22(44-6-4-35)20(12-21(19)43-5-3-34)32-33-25-23(47-46-45-39)7-13-8-24(48(40,41)42)17(29)10-15(13)26(25)36/h1-2,7-12,34-36,39H,3-6,28-29H2,(H,37,38)(H,40,41,42). The number of nitrogens with zero attached hydrogens (tertiary/aromatic N) is 4. The van der Waals surface area contributed by atoms with Gasteiger partial charge in [0.25, 0.3) is 10.1 Å². The summed E-state index contributed by atoms with van der Waals surface area (Å²) in [5.41, 5.74) is 10.7. The predicted molar refractivity (Wildman–Crippen MR) is 168 cm³/mol. The quantitative estimate of drug-likeness (QED) is 0.0208. The second-order valence-corrected chi connectivity index (χ2v) is 11.4. The normalized spacial score (nSPS) is 11.9. The molecule has 0 fully saturated rings. The van der Waals surface area contributed by atoms with E-state index in [2.05, 4.69) is 29.8 Å². The van der Waals surface area contributed by atoms with Crippen molar-refractivity contribution in [2.45, 2.75) is 9.79 Å². The van der Waals surface area contributed by atoms with Gasteiger partial charge in [-0.15, -0.1) is 24.8 Å². The minimum Gasteiger partial charge on any atom is -0.505 e. The molecule has 0 aromatic heterocycles. The van der Waals surface area contributed by atoms with E-state index in [4.69, 9.17) is 26.2 Å². The summed E-state index contributed by atoms with van der Waals surface area (Å²) in [5.74, 6) is -1.94. The zero-order valence-corrected chi connectivity index (χ0v) is 25.9. The maximum Gasteiger partial charge on any atom is 0.338 e. The van der Waals surface area contributed by atoms with Gasteiger partial charge in [0.1, 0.15) is 52.4 Å². The Morgan fingerprint density at radius 1 is 0.854 bits per heavy atom. The molecule has 0 spiro atoms. The van der Waals surface area contributed by atoms with Crippen LogP contribution in [0.4, 0.5) is 34.1 Å². The van der Waals surface area contributed by atoms with Crippen molar-refractivity contribution in [1.82, 2.24) is 0 Å². The predicted octanol–water partition coefficient (Wildman–Crippen LogP) is 4.66. The van der Waals surface area contributed by atoms with Crippen LogP contribution < -0.4 is 20.9 Å². The number of benzene rings is 4.